The summed E-state index contributed by atoms with van der Waals surface area (Å²) < 4.78 is 0. The molecule has 0 unspecified atom stereocenters. The van der Waals surface area contributed by atoms with E-state index in [4.69, 9.17) is 0 Å². The molecule has 5 nitrogen and oxygen atoms in total. The topological polar surface area (TPSA) is 74.0 Å². The predicted molar refractivity (Wildman–Crippen MR) is 69.8 cm³/mol. The molecule has 6 heteroatoms. The number of nitrogens with one attached hydrogen (secondary N) is 3. The van der Waals surface area contributed by atoms with Crippen LogP contribution in [-0.4, -0.2) is 30.5 Å². The number of hydrogen-bond acceptors (Lipinski definition) is 3. The third kappa shape index (κ3) is 6.09. The summed E-state index contributed by atoms with van der Waals surface area (Å²) in [5.74, 6) is -0.218. The second-order valence-corrected chi connectivity index (χ2v) is 3.45. The van der Waals surface area contributed by atoms with Gasteiger partial charge in [0, 0.05) is 30.9 Å². The molecule has 0 saturated heterocycles. The maximum atomic E-state index is 11.5. The summed E-state index contributed by atoms with van der Waals surface area (Å²) in [4.78, 5) is 25.0. The maximum Gasteiger partial charge on any atom is 0.251 e. The Hall–Kier alpha value is -1.33. The molecular formula is C11H18ClN3O2. The maximum absolute atomic E-state index is 11.5. The lowest BCUT2D eigenvalue weighted by Crippen LogP contribution is -2.32. The molecule has 1 heterocycles. The number of aromatic amines is 1. The van der Waals surface area contributed by atoms with Gasteiger partial charge < -0.3 is 15.6 Å². The smallest absolute Gasteiger partial charge is 0.251 e. The van der Waals surface area contributed by atoms with E-state index in [1.165, 1.54) is 12.3 Å². The lowest BCUT2D eigenvalue weighted by atomic mass is 10.2. The lowest BCUT2D eigenvalue weighted by molar-refractivity contribution is 0.0953. The van der Waals surface area contributed by atoms with Crippen LogP contribution in [-0.2, 0) is 0 Å². The lowest BCUT2D eigenvalue weighted by Gasteiger charge is -2.05. The van der Waals surface area contributed by atoms with E-state index in [0.29, 0.717) is 12.1 Å². The molecule has 1 rings (SSSR count). The van der Waals surface area contributed by atoms with Gasteiger partial charge >= 0.3 is 0 Å². The van der Waals surface area contributed by atoms with Crippen molar-refractivity contribution in [3.63, 3.8) is 0 Å². The standard InChI is InChI=1S/C11H17N3O2.ClH/c1-2-4-12-6-7-14-11(16)9-3-5-13-10(15)8-9;/h3,5,8,12H,2,4,6-7H2,1H3,(H,13,15)(H,14,16);1H. The van der Waals surface area contributed by atoms with Gasteiger partial charge in [-0.3, -0.25) is 9.59 Å². The van der Waals surface area contributed by atoms with E-state index in [1.807, 2.05) is 0 Å². The van der Waals surface area contributed by atoms with Gasteiger partial charge in [0.05, 0.1) is 0 Å². The second-order valence-electron chi connectivity index (χ2n) is 3.45. The molecular weight excluding hydrogens is 242 g/mol. The van der Waals surface area contributed by atoms with Crippen molar-refractivity contribution < 1.29 is 4.79 Å². The van der Waals surface area contributed by atoms with Gasteiger partial charge in [0.1, 0.15) is 0 Å². The molecule has 0 bridgehead atoms. The highest BCUT2D eigenvalue weighted by atomic mass is 35.5. The van der Waals surface area contributed by atoms with Gasteiger partial charge in [-0.25, -0.2) is 0 Å². The van der Waals surface area contributed by atoms with Crippen molar-refractivity contribution >= 4 is 18.3 Å². The van der Waals surface area contributed by atoms with Gasteiger partial charge in [-0.1, -0.05) is 6.92 Å². The number of H-pyrrole nitrogens is 1. The molecule has 0 aliphatic rings. The van der Waals surface area contributed by atoms with E-state index in [9.17, 15) is 9.59 Å². The third-order valence-electron chi connectivity index (χ3n) is 2.05. The van der Waals surface area contributed by atoms with Crippen molar-refractivity contribution in [3.8, 4) is 0 Å². The van der Waals surface area contributed by atoms with Crippen LogP contribution in [0.5, 0.6) is 0 Å². The number of pyridine rings is 1. The average molecular weight is 260 g/mol. The van der Waals surface area contributed by atoms with Crippen molar-refractivity contribution in [1.82, 2.24) is 15.6 Å². The minimum Gasteiger partial charge on any atom is -0.351 e. The van der Waals surface area contributed by atoms with Crippen LogP contribution in [0.3, 0.4) is 0 Å². The largest absolute Gasteiger partial charge is 0.351 e. The highest BCUT2D eigenvalue weighted by Gasteiger charge is 2.03. The average Bonchev–Trinajstić information content (AvgIpc) is 2.28. The number of aromatic nitrogens is 1. The first-order valence-electron chi connectivity index (χ1n) is 5.41. The van der Waals surface area contributed by atoms with E-state index in [2.05, 4.69) is 22.5 Å². The molecule has 1 amide bonds. The second kappa shape index (κ2) is 8.78. The summed E-state index contributed by atoms with van der Waals surface area (Å²) >= 11 is 0. The van der Waals surface area contributed by atoms with Crippen molar-refractivity contribution in [2.24, 2.45) is 0 Å². The molecule has 0 fully saturated rings. The Kier molecular flexibility index (Phi) is 8.09. The van der Waals surface area contributed by atoms with Crippen LogP contribution < -0.4 is 16.2 Å². The molecule has 0 atom stereocenters. The normalized spacial score (nSPS) is 9.47. The molecule has 17 heavy (non-hydrogen) atoms. The molecule has 96 valence electrons. The van der Waals surface area contributed by atoms with Crippen LogP contribution in [0.4, 0.5) is 0 Å². The van der Waals surface area contributed by atoms with Crippen LogP contribution in [0.25, 0.3) is 0 Å². The van der Waals surface area contributed by atoms with Gasteiger partial charge in [-0.15, -0.1) is 12.4 Å². The Morgan fingerprint density at radius 3 is 2.76 bits per heavy atom. The molecule has 0 aliphatic carbocycles. The molecule has 0 spiro atoms. The van der Waals surface area contributed by atoms with E-state index in [-0.39, 0.29) is 23.9 Å². The van der Waals surface area contributed by atoms with Crippen molar-refractivity contribution in [1.29, 1.82) is 0 Å². The number of rotatable bonds is 6. The molecule has 3 N–H and O–H groups in total. The van der Waals surface area contributed by atoms with Crippen LogP contribution in [0, 0.1) is 0 Å². The fourth-order valence-electron chi connectivity index (χ4n) is 1.25. The highest BCUT2D eigenvalue weighted by Crippen LogP contribution is 1.91. The summed E-state index contributed by atoms with van der Waals surface area (Å²) in [7, 11) is 0. The highest BCUT2D eigenvalue weighted by molar-refractivity contribution is 5.93. The first-order chi connectivity index (χ1) is 7.74. The van der Waals surface area contributed by atoms with E-state index in [0.717, 1.165) is 19.5 Å². The summed E-state index contributed by atoms with van der Waals surface area (Å²) in [6, 6.07) is 2.87. The van der Waals surface area contributed by atoms with Crippen molar-refractivity contribution in [2.45, 2.75) is 13.3 Å². The predicted octanol–water partition coefficient (Wildman–Crippen LogP) is 0.526. The Bertz CT molecular complexity index is 392. The van der Waals surface area contributed by atoms with Crippen LogP contribution >= 0.6 is 12.4 Å². The number of amides is 1. The third-order valence-corrected chi connectivity index (χ3v) is 2.05. The Morgan fingerprint density at radius 2 is 2.12 bits per heavy atom. The minimum atomic E-state index is -0.267. The first-order valence-corrected chi connectivity index (χ1v) is 5.41. The number of carbonyl (C=O) groups is 1. The molecule has 1 aromatic heterocycles. The fourth-order valence-corrected chi connectivity index (χ4v) is 1.25. The van der Waals surface area contributed by atoms with Gasteiger partial charge in [-0.05, 0) is 19.0 Å². The fraction of sp³-hybridized carbons (Fsp3) is 0.455. The zero-order valence-electron chi connectivity index (χ0n) is 9.79. The van der Waals surface area contributed by atoms with E-state index < -0.39 is 0 Å². The Balaban J connectivity index is 0.00000256. The molecule has 0 radical (unpaired) electrons. The summed E-state index contributed by atoms with van der Waals surface area (Å²) in [6.45, 7) is 4.33. The summed E-state index contributed by atoms with van der Waals surface area (Å²) in [5.41, 5.74) is 0.121. The zero-order valence-corrected chi connectivity index (χ0v) is 10.6. The summed E-state index contributed by atoms with van der Waals surface area (Å²) in [6.07, 6.45) is 2.54. The number of halogens is 1. The van der Waals surface area contributed by atoms with Gasteiger partial charge in [-0.2, -0.15) is 0 Å². The Morgan fingerprint density at radius 1 is 1.35 bits per heavy atom. The van der Waals surface area contributed by atoms with Gasteiger partial charge in [0.15, 0.2) is 0 Å². The van der Waals surface area contributed by atoms with Crippen molar-refractivity contribution in [2.75, 3.05) is 19.6 Å². The molecule has 0 saturated carbocycles. The number of carbonyl (C=O) groups excluding carboxylic acids is 1. The minimum absolute atomic E-state index is 0. The summed E-state index contributed by atoms with van der Waals surface area (Å²) in [5, 5.41) is 5.90. The van der Waals surface area contributed by atoms with Crippen LogP contribution in [0.2, 0.25) is 0 Å². The van der Waals surface area contributed by atoms with E-state index in [1.54, 1.807) is 6.07 Å². The van der Waals surface area contributed by atoms with Crippen LogP contribution in [0.15, 0.2) is 23.1 Å². The zero-order chi connectivity index (χ0) is 11.8. The van der Waals surface area contributed by atoms with Crippen molar-refractivity contribution in [3.05, 3.63) is 34.2 Å². The van der Waals surface area contributed by atoms with Gasteiger partial charge in [0.25, 0.3) is 5.91 Å². The van der Waals surface area contributed by atoms with Gasteiger partial charge in [0.2, 0.25) is 5.56 Å². The SMILES string of the molecule is CCCNCCNC(=O)c1cc[nH]c(=O)c1.Cl. The molecule has 1 aromatic rings. The first kappa shape index (κ1) is 15.7. The van der Waals surface area contributed by atoms with Crippen LogP contribution in [0.1, 0.15) is 23.7 Å². The monoisotopic (exact) mass is 259 g/mol. The molecule has 0 aromatic carbocycles. The number of hydrogen-bond donors (Lipinski definition) is 3. The molecule has 0 aliphatic heterocycles. The quantitative estimate of drug-likeness (QED) is 0.653. The van der Waals surface area contributed by atoms with E-state index >= 15 is 0 Å². The Labute approximate surface area is 106 Å².